The molecular weight excluding hydrogens is 292 g/mol. The van der Waals surface area contributed by atoms with Crippen LogP contribution in [0.4, 0.5) is 5.69 Å². The number of sulfonamides is 1. The Morgan fingerprint density at radius 2 is 2.29 bits per heavy atom. The summed E-state index contributed by atoms with van der Waals surface area (Å²) in [5, 5.41) is 6.86. The lowest BCUT2D eigenvalue weighted by atomic mass is 10.2. The lowest BCUT2D eigenvalue weighted by molar-refractivity contribution is 0.375. The van der Waals surface area contributed by atoms with Crippen molar-refractivity contribution in [1.82, 2.24) is 14.9 Å². The van der Waals surface area contributed by atoms with E-state index in [9.17, 15) is 8.42 Å². The van der Waals surface area contributed by atoms with E-state index >= 15 is 0 Å². The second-order valence-corrected chi connectivity index (χ2v) is 6.65. The molecule has 1 aromatic carbocycles. The number of rotatable bonds is 5. The second kappa shape index (κ2) is 5.45. The lowest BCUT2D eigenvalue weighted by Crippen LogP contribution is -2.26. The van der Waals surface area contributed by atoms with Crippen LogP contribution >= 0.6 is 0 Å². The fourth-order valence-electron chi connectivity index (χ4n) is 2.27. The van der Waals surface area contributed by atoms with E-state index in [1.807, 2.05) is 0 Å². The molecule has 1 aliphatic rings. The van der Waals surface area contributed by atoms with Gasteiger partial charge in [-0.05, 0) is 37.1 Å². The van der Waals surface area contributed by atoms with Crippen LogP contribution in [0.5, 0.6) is 0 Å². The molecule has 0 bridgehead atoms. The number of aryl methyl sites for hydroxylation is 1. The number of anilines is 1. The zero-order chi connectivity index (χ0) is 14.9. The molecule has 0 atom stereocenters. The molecule has 0 saturated heterocycles. The maximum Gasteiger partial charge on any atom is 0.240 e. The molecule has 2 aromatic rings. The quantitative estimate of drug-likeness (QED) is 0.850. The molecule has 1 aliphatic heterocycles. The Balaban J connectivity index is 1.66. The van der Waals surface area contributed by atoms with Crippen molar-refractivity contribution in [2.75, 3.05) is 18.4 Å². The summed E-state index contributed by atoms with van der Waals surface area (Å²) in [6.07, 6.45) is 1.21. The van der Waals surface area contributed by atoms with Crippen LogP contribution < -0.4 is 10.0 Å². The first-order valence-corrected chi connectivity index (χ1v) is 8.18. The van der Waals surface area contributed by atoms with Crippen LogP contribution in [-0.2, 0) is 22.9 Å². The zero-order valence-corrected chi connectivity index (χ0v) is 12.4. The zero-order valence-electron chi connectivity index (χ0n) is 11.6. The molecule has 21 heavy (non-hydrogen) atoms. The summed E-state index contributed by atoms with van der Waals surface area (Å²) < 4.78 is 31.9. The monoisotopic (exact) mass is 308 g/mol. The molecule has 112 valence electrons. The summed E-state index contributed by atoms with van der Waals surface area (Å²) in [6, 6.07) is 5.13. The van der Waals surface area contributed by atoms with E-state index in [2.05, 4.69) is 20.2 Å². The number of nitrogens with zero attached hydrogens (tertiary/aromatic N) is 2. The highest BCUT2D eigenvalue weighted by molar-refractivity contribution is 7.89. The molecule has 0 aliphatic carbocycles. The highest BCUT2D eigenvalue weighted by Gasteiger charge is 2.18. The van der Waals surface area contributed by atoms with Gasteiger partial charge in [-0.25, -0.2) is 13.1 Å². The number of nitrogens with one attached hydrogen (secondary N) is 2. The van der Waals surface area contributed by atoms with Gasteiger partial charge in [-0.2, -0.15) is 4.98 Å². The van der Waals surface area contributed by atoms with Crippen molar-refractivity contribution in [3.63, 3.8) is 0 Å². The molecule has 2 heterocycles. The molecular formula is C13H16N4O3S. The minimum absolute atomic E-state index is 0.222. The number of hydrogen-bond acceptors (Lipinski definition) is 6. The first kappa shape index (κ1) is 14.0. The van der Waals surface area contributed by atoms with Crippen LogP contribution in [0.25, 0.3) is 0 Å². The van der Waals surface area contributed by atoms with Gasteiger partial charge < -0.3 is 9.84 Å². The number of hydrogen-bond donors (Lipinski definition) is 2. The predicted octanol–water partition coefficient (Wildman–Crippen LogP) is 0.867. The maximum atomic E-state index is 12.2. The van der Waals surface area contributed by atoms with Gasteiger partial charge in [0.25, 0.3) is 0 Å². The van der Waals surface area contributed by atoms with Crippen LogP contribution in [0.2, 0.25) is 0 Å². The Morgan fingerprint density at radius 3 is 3.05 bits per heavy atom. The molecule has 0 spiro atoms. The Labute approximate surface area is 122 Å². The maximum absolute atomic E-state index is 12.2. The van der Waals surface area contributed by atoms with E-state index in [0.29, 0.717) is 18.1 Å². The molecule has 7 nitrogen and oxygen atoms in total. The topological polar surface area (TPSA) is 97.1 Å². The van der Waals surface area contributed by atoms with Gasteiger partial charge in [-0.15, -0.1) is 0 Å². The Hall–Kier alpha value is -1.93. The standard InChI is InChI=1S/C13H16N4O3S/c1-9-16-13(20-17-9)5-7-15-21(18,19)11-2-3-12-10(8-11)4-6-14-12/h2-3,8,14-15H,4-7H2,1H3. The fraction of sp³-hybridized carbons (Fsp3) is 0.385. The second-order valence-electron chi connectivity index (χ2n) is 4.88. The number of benzene rings is 1. The third-order valence-electron chi connectivity index (χ3n) is 3.30. The Kier molecular flexibility index (Phi) is 3.64. The molecule has 0 unspecified atom stereocenters. The van der Waals surface area contributed by atoms with Crippen molar-refractivity contribution in [2.24, 2.45) is 0 Å². The van der Waals surface area contributed by atoms with Crippen LogP contribution in [0.15, 0.2) is 27.6 Å². The number of fused-ring (bicyclic) bond motifs is 1. The normalized spacial score (nSPS) is 14.0. The largest absolute Gasteiger partial charge is 0.384 e. The van der Waals surface area contributed by atoms with E-state index in [1.165, 1.54) is 0 Å². The van der Waals surface area contributed by atoms with E-state index in [1.54, 1.807) is 25.1 Å². The molecule has 0 fully saturated rings. The third-order valence-corrected chi connectivity index (χ3v) is 4.76. The molecule has 3 rings (SSSR count). The first-order valence-electron chi connectivity index (χ1n) is 6.70. The van der Waals surface area contributed by atoms with E-state index in [4.69, 9.17) is 4.52 Å². The molecule has 1 aromatic heterocycles. The van der Waals surface area contributed by atoms with Gasteiger partial charge >= 0.3 is 0 Å². The summed E-state index contributed by atoms with van der Waals surface area (Å²) in [5.41, 5.74) is 2.04. The summed E-state index contributed by atoms with van der Waals surface area (Å²) in [7, 11) is -3.51. The lowest BCUT2D eigenvalue weighted by Gasteiger charge is -2.07. The van der Waals surface area contributed by atoms with E-state index in [-0.39, 0.29) is 11.4 Å². The van der Waals surface area contributed by atoms with Gasteiger partial charge in [0, 0.05) is 25.2 Å². The van der Waals surface area contributed by atoms with Crippen LogP contribution in [0, 0.1) is 6.92 Å². The van der Waals surface area contributed by atoms with Gasteiger partial charge in [0.2, 0.25) is 15.9 Å². The van der Waals surface area contributed by atoms with Crippen molar-refractivity contribution < 1.29 is 12.9 Å². The van der Waals surface area contributed by atoms with Crippen molar-refractivity contribution >= 4 is 15.7 Å². The molecule has 0 saturated carbocycles. The van der Waals surface area contributed by atoms with Gasteiger partial charge in [-0.3, -0.25) is 0 Å². The van der Waals surface area contributed by atoms with Gasteiger partial charge in [-0.1, -0.05) is 5.16 Å². The summed E-state index contributed by atoms with van der Waals surface area (Å²) in [6.45, 7) is 2.79. The Bertz CT molecular complexity index is 755. The molecule has 8 heteroatoms. The average Bonchev–Trinajstić information content (AvgIpc) is 3.06. The van der Waals surface area contributed by atoms with Crippen LogP contribution in [-0.4, -0.2) is 31.6 Å². The van der Waals surface area contributed by atoms with Crippen molar-refractivity contribution in [1.29, 1.82) is 0 Å². The van der Waals surface area contributed by atoms with Crippen molar-refractivity contribution in [2.45, 2.75) is 24.7 Å². The Morgan fingerprint density at radius 1 is 1.43 bits per heavy atom. The highest BCUT2D eigenvalue weighted by atomic mass is 32.2. The van der Waals surface area contributed by atoms with Gasteiger partial charge in [0.15, 0.2) is 5.82 Å². The number of aromatic nitrogens is 2. The van der Waals surface area contributed by atoms with Crippen molar-refractivity contribution in [3.05, 3.63) is 35.5 Å². The molecule has 2 N–H and O–H groups in total. The summed E-state index contributed by atoms with van der Waals surface area (Å²) in [4.78, 5) is 4.31. The smallest absolute Gasteiger partial charge is 0.240 e. The predicted molar refractivity (Wildman–Crippen MR) is 76.6 cm³/mol. The van der Waals surface area contributed by atoms with Crippen LogP contribution in [0.1, 0.15) is 17.3 Å². The summed E-state index contributed by atoms with van der Waals surface area (Å²) in [5.74, 6) is 0.965. The molecule has 0 amide bonds. The van der Waals surface area contributed by atoms with Crippen LogP contribution in [0.3, 0.4) is 0 Å². The van der Waals surface area contributed by atoms with Gasteiger partial charge in [0.1, 0.15) is 0 Å². The fourth-order valence-corrected chi connectivity index (χ4v) is 3.35. The highest BCUT2D eigenvalue weighted by Crippen LogP contribution is 2.24. The first-order chi connectivity index (χ1) is 10.0. The molecule has 0 radical (unpaired) electrons. The summed E-state index contributed by atoms with van der Waals surface area (Å²) >= 11 is 0. The van der Waals surface area contributed by atoms with E-state index in [0.717, 1.165) is 24.2 Å². The minimum atomic E-state index is -3.51. The van der Waals surface area contributed by atoms with E-state index < -0.39 is 10.0 Å². The SMILES string of the molecule is Cc1noc(CCNS(=O)(=O)c2ccc3c(c2)CCN3)n1. The third kappa shape index (κ3) is 3.06. The minimum Gasteiger partial charge on any atom is -0.384 e. The van der Waals surface area contributed by atoms with Crippen molar-refractivity contribution in [3.8, 4) is 0 Å². The van der Waals surface area contributed by atoms with Gasteiger partial charge in [0.05, 0.1) is 4.90 Å². The average molecular weight is 308 g/mol.